The van der Waals surface area contributed by atoms with Crippen LogP contribution in [0.2, 0.25) is 0 Å². The molecule has 0 atom stereocenters. The molecule has 1 aromatic rings. The Morgan fingerprint density at radius 2 is 1.74 bits per heavy atom. The molecule has 1 fully saturated rings. The summed E-state index contributed by atoms with van der Waals surface area (Å²) >= 11 is 0. The van der Waals surface area contributed by atoms with Gasteiger partial charge >= 0.3 is 0 Å². The maximum atomic E-state index is 12.3. The number of methoxy groups -OCH3 is 3. The second-order valence-electron chi connectivity index (χ2n) is 6.92. The van der Waals surface area contributed by atoms with Gasteiger partial charge in [-0.05, 0) is 69.6 Å². The Bertz CT molecular complexity index is 576. The van der Waals surface area contributed by atoms with Crippen molar-refractivity contribution >= 4 is 5.91 Å². The number of amides is 1. The molecule has 1 aromatic carbocycles. The van der Waals surface area contributed by atoms with Crippen LogP contribution in [0.3, 0.4) is 0 Å². The fourth-order valence-corrected chi connectivity index (χ4v) is 3.48. The van der Waals surface area contributed by atoms with Crippen molar-refractivity contribution < 1.29 is 19.0 Å². The lowest BCUT2D eigenvalue weighted by Crippen LogP contribution is -2.41. The Morgan fingerprint density at radius 3 is 2.26 bits per heavy atom. The third kappa shape index (κ3) is 6.29. The molecule has 152 valence electrons. The molecule has 7 nitrogen and oxygen atoms in total. The predicted octanol–water partition coefficient (Wildman–Crippen LogP) is 1.65. The number of carbonyl (C=O) groups is 1. The van der Waals surface area contributed by atoms with Gasteiger partial charge in [0.2, 0.25) is 11.7 Å². The summed E-state index contributed by atoms with van der Waals surface area (Å²) < 4.78 is 16.0. The van der Waals surface area contributed by atoms with Crippen LogP contribution in [0, 0.1) is 5.92 Å². The number of nitrogens with zero attached hydrogens (tertiary/aromatic N) is 1. The Hall–Kier alpha value is -1.99. The SMILES string of the molecule is CNCCC1CCN(CC(=O)NCc2cc(OC)c(OC)c(OC)c2)CC1. The highest BCUT2D eigenvalue weighted by Gasteiger charge is 2.20. The van der Waals surface area contributed by atoms with Gasteiger partial charge in [0.1, 0.15) is 0 Å². The molecule has 0 saturated carbocycles. The molecule has 2 rings (SSSR count). The van der Waals surface area contributed by atoms with Gasteiger partial charge in [-0.1, -0.05) is 0 Å². The Balaban J connectivity index is 1.82. The number of rotatable bonds is 10. The number of carbonyl (C=O) groups excluding carboxylic acids is 1. The second kappa shape index (κ2) is 11.0. The average Bonchev–Trinajstić information content (AvgIpc) is 2.70. The molecule has 2 N–H and O–H groups in total. The first-order chi connectivity index (χ1) is 13.1. The topological polar surface area (TPSA) is 72.1 Å². The minimum atomic E-state index is 0.0393. The van der Waals surface area contributed by atoms with E-state index in [-0.39, 0.29) is 5.91 Å². The highest BCUT2D eigenvalue weighted by atomic mass is 16.5. The molecule has 0 aliphatic carbocycles. The average molecular weight is 380 g/mol. The number of hydrogen-bond donors (Lipinski definition) is 2. The Morgan fingerprint density at radius 1 is 1.11 bits per heavy atom. The van der Waals surface area contributed by atoms with Crippen LogP contribution < -0.4 is 24.8 Å². The van der Waals surface area contributed by atoms with Crippen LogP contribution in [0.25, 0.3) is 0 Å². The van der Waals surface area contributed by atoms with Crippen LogP contribution in [0.4, 0.5) is 0 Å². The van der Waals surface area contributed by atoms with Crippen LogP contribution in [0.15, 0.2) is 12.1 Å². The normalized spacial score (nSPS) is 15.4. The highest BCUT2D eigenvalue weighted by molar-refractivity contribution is 5.78. The summed E-state index contributed by atoms with van der Waals surface area (Å²) in [6.07, 6.45) is 3.56. The minimum absolute atomic E-state index is 0.0393. The zero-order chi connectivity index (χ0) is 19.6. The summed E-state index contributed by atoms with van der Waals surface area (Å²) in [6, 6.07) is 3.71. The van der Waals surface area contributed by atoms with E-state index in [1.54, 1.807) is 21.3 Å². The third-order valence-corrected chi connectivity index (χ3v) is 5.09. The van der Waals surface area contributed by atoms with Crippen LogP contribution in [-0.2, 0) is 11.3 Å². The summed E-state index contributed by atoms with van der Waals surface area (Å²) in [5.74, 6) is 2.54. The lowest BCUT2D eigenvalue weighted by Gasteiger charge is -2.31. The molecule has 0 aromatic heterocycles. The van der Waals surface area contributed by atoms with Crippen molar-refractivity contribution in [1.82, 2.24) is 15.5 Å². The molecule has 0 radical (unpaired) electrons. The molecule has 0 bridgehead atoms. The fourth-order valence-electron chi connectivity index (χ4n) is 3.48. The van der Waals surface area contributed by atoms with Crippen molar-refractivity contribution in [2.24, 2.45) is 5.92 Å². The number of hydrogen-bond acceptors (Lipinski definition) is 6. The number of piperidine rings is 1. The van der Waals surface area contributed by atoms with E-state index in [0.29, 0.717) is 30.3 Å². The molecule has 1 amide bonds. The zero-order valence-corrected chi connectivity index (χ0v) is 17.0. The lowest BCUT2D eigenvalue weighted by molar-refractivity contribution is -0.122. The molecule has 1 aliphatic rings. The van der Waals surface area contributed by atoms with Crippen LogP contribution >= 0.6 is 0 Å². The molecule has 1 aliphatic heterocycles. The molecule has 0 unspecified atom stereocenters. The number of nitrogens with one attached hydrogen (secondary N) is 2. The Kier molecular flexibility index (Phi) is 8.67. The molecule has 7 heteroatoms. The molecule has 1 heterocycles. The molecular formula is C20H33N3O4. The lowest BCUT2D eigenvalue weighted by atomic mass is 9.93. The van der Waals surface area contributed by atoms with Crippen molar-refractivity contribution in [3.8, 4) is 17.2 Å². The first kappa shape index (κ1) is 21.3. The van der Waals surface area contributed by atoms with Crippen LogP contribution in [-0.4, -0.2) is 65.4 Å². The second-order valence-corrected chi connectivity index (χ2v) is 6.92. The van der Waals surface area contributed by atoms with Gasteiger partial charge in [-0.15, -0.1) is 0 Å². The molecule has 27 heavy (non-hydrogen) atoms. The third-order valence-electron chi connectivity index (χ3n) is 5.09. The van der Waals surface area contributed by atoms with Crippen molar-refractivity contribution in [1.29, 1.82) is 0 Å². The summed E-state index contributed by atoms with van der Waals surface area (Å²) in [5, 5.41) is 6.20. The van der Waals surface area contributed by atoms with E-state index in [9.17, 15) is 4.79 Å². The van der Waals surface area contributed by atoms with Gasteiger partial charge in [0.25, 0.3) is 0 Å². The first-order valence-corrected chi connectivity index (χ1v) is 9.53. The van der Waals surface area contributed by atoms with E-state index in [2.05, 4.69) is 15.5 Å². The monoisotopic (exact) mass is 379 g/mol. The Labute approximate surface area is 162 Å². The van der Waals surface area contributed by atoms with Gasteiger partial charge in [0, 0.05) is 6.54 Å². The fraction of sp³-hybridized carbons (Fsp3) is 0.650. The largest absolute Gasteiger partial charge is 0.493 e. The number of ether oxygens (including phenoxy) is 3. The van der Waals surface area contributed by atoms with Gasteiger partial charge in [0.05, 0.1) is 27.9 Å². The van der Waals surface area contributed by atoms with Gasteiger partial charge in [-0.3, -0.25) is 9.69 Å². The molecule has 0 spiro atoms. The standard InChI is InChI=1S/C20H33N3O4/c1-21-8-5-15-6-9-23(10-7-15)14-19(24)22-13-16-11-17(25-2)20(27-4)18(12-16)26-3/h11-12,15,21H,5-10,13-14H2,1-4H3,(H,22,24). The van der Waals surface area contributed by atoms with E-state index < -0.39 is 0 Å². The summed E-state index contributed by atoms with van der Waals surface area (Å²) in [7, 11) is 6.73. The number of benzene rings is 1. The molecular weight excluding hydrogens is 346 g/mol. The van der Waals surface area contributed by atoms with Crippen molar-refractivity contribution in [3.63, 3.8) is 0 Å². The van der Waals surface area contributed by atoms with Gasteiger partial charge < -0.3 is 24.8 Å². The van der Waals surface area contributed by atoms with Crippen LogP contribution in [0.5, 0.6) is 17.2 Å². The van der Waals surface area contributed by atoms with Crippen molar-refractivity contribution in [2.75, 3.05) is 54.6 Å². The van der Waals surface area contributed by atoms with E-state index in [1.165, 1.54) is 19.3 Å². The van der Waals surface area contributed by atoms with E-state index in [1.807, 2.05) is 19.2 Å². The summed E-state index contributed by atoms with van der Waals surface area (Å²) in [6.45, 7) is 3.93. The quantitative estimate of drug-likeness (QED) is 0.644. The van der Waals surface area contributed by atoms with E-state index in [4.69, 9.17) is 14.2 Å². The van der Waals surface area contributed by atoms with Crippen molar-refractivity contribution in [3.05, 3.63) is 17.7 Å². The number of likely N-dealkylation sites (tertiary alicyclic amines) is 1. The van der Waals surface area contributed by atoms with Gasteiger partial charge in [0.15, 0.2) is 11.5 Å². The van der Waals surface area contributed by atoms with E-state index in [0.717, 1.165) is 31.1 Å². The first-order valence-electron chi connectivity index (χ1n) is 9.53. The molecule has 1 saturated heterocycles. The summed E-state index contributed by atoms with van der Waals surface area (Å²) in [5.41, 5.74) is 0.906. The van der Waals surface area contributed by atoms with E-state index >= 15 is 0 Å². The van der Waals surface area contributed by atoms with Crippen molar-refractivity contribution in [2.45, 2.75) is 25.8 Å². The van der Waals surface area contributed by atoms with Gasteiger partial charge in [-0.25, -0.2) is 0 Å². The van der Waals surface area contributed by atoms with Gasteiger partial charge in [-0.2, -0.15) is 0 Å². The predicted molar refractivity (Wildman–Crippen MR) is 106 cm³/mol. The maximum Gasteiger partial charge on any atom is 0.234 e. The summed E-state index contributed by atoms with van der Waals surface area (Å²) in [4.78, 5) is 14.6. The minimum Gasteiger partial charge on any atom is -0.493 e. The van der Waals surface area contributed by atoms with Crippen LogP contribution in [0.1, 0.15) is 24.8 Å². The highest BCUT2D eigenvalue weighted by Crippen LogP contribution is 2.38. The maximum absolute atomic E-state index is 12.3. The zero-order valence-electron chi connectivity index (χ0n) is 17.0. The smallest absolute Gasteiger partial charge is 0.234 e.